The average molecular weight is 376 g/mol. The van der Waals surface area contributed by atoms with E-state index >= 15 is 0 Å². The van der Waals surface area contributed by atoms with Crippen molar-refractivity contribution in [2.75, 3.05) is 0 Å². The largest absolute Gasteiger partial charge is 0.508 e. The molecule has 1 atom stereocenters. The predicted octanol–water partition coefficient (Wildman–Crippen LogP) is 4.54. The predicted molar refractivity (Wildman–Crippen MR) is 101 cm³/mol. The second kappa shape index (κ2) is 7.64. The Kier molecular flexibility index (Phi) is 5.90. The molecule has 1 aromatic heterocycles. The molecule has 6 heteroatoms. The number of rotatable bonds is 6. The fraction of sp³-hybridized carbons (Fsp3) is 0.476. The van der Waals surface area contributed by atoms with Crippen molar-refractivity contribution in [3.05, 3.63) is 36.1 Å². The number of benzene rings is 1. The average Bonchev–Trinajstić information content (AvgIpc) is 3.01. The van der Waals surface area contributed by atoms with E-state index in [1.807, 2.05) is 0 Å². The van der Waals surface area contributed by atoms with Crippen molar-refractivity contribution in [2.45, 2.75) is 59.2 Å². The smallest absolute Gasteiger partial charge is 0.311 e. The Labute approximate surface area is 159 Å². The van der Waals surface area contributed by atoms with Gasteiger partial charge in [0.15, 0.2) is 0 Å². The summed E-state index contributed by atoms with van der Waals surface area (Å²) in [6, 6.07) is 5.81. The molecule has 0 bridgehead atoms. The Morgan fingerprint density at radius 1 is 1.15 bits per heavy atom. The van der Waals surface area contributed by atoms with Gasteiger partial charge in [0, 0.05) is 5.56 Å². The minimum absolute atomic E-state index is 0.00140. The number of phenolic OH excluding ortho intramolecular Hbond substituents is 2. The van der Waals surface area contributed by atoms with E-state index in [2.05, 4.69) is 0 Å². The molecule has 1 aromatic carbocycles. The Bertz CT molecular complexity index is 792. The number of aromatic hydroxyl groups is 2. The van der Waals surface area contributed by atoms with Crippen molar-refractivity contribution in [1.82, 2.24) is 0 Å². The molecule has 1 heterocycles. The van der Waals surface area contributed by atoms with Crippen molar-refractivity contribution in [3.63, 3.8) is 0 Å². The lowest BCUT2D eigenvalue weighted by atomic mass is 9.95. The van der Waals surface area contributed by atoms with E-state index in [0.717, 1.165) is 0 Å². The van der Waals surface area contributed by atoms with E-state index in [4.69, 9.17) is 9.15 Å². The molecular formula is C21H28O6. The summed E-state index contributed by atoms with van der Waals surface area (Å²) in [5.74, 6) is -0.0448. The van der Waals surface area contributed by atoms with E-state index in [0.29, 0.717) is 29.7 Å². The summed E-state index contributed by atoms with van der Waals surface area (Å²) < 4.78 is 11.2. The number of hydrogen-bond donors (Lipinski definition) is 3. The molecule has 2 rings (SSSR count). The molecule has 0 aliphatic rings. The van der Waals surface area contributed by atoms with Crippen LogP contribution in [0.5, 0.6) is 11.5 Å². The van der Waals surface area contributed by atoms with Crippen molar-refractivity contribution in [3.8, 4) is 22.8 Å². The van der Waals surface area contributed by atoms with Crippen LogP contribution >= 0.6 is 0 Å². The lowest BCUT2D eigenvalue weighted by molar-refractivity contribution is -0.160. The van der Waals surface area contributed by atoms with Crippen LogP contribution in [0.4, 0.5) is 0 Å². The first-order valence-electron chi connectivity index (χ1n) is 8.91. The molecule has 1 unspecified atom stereocenters. The maximum atomic E-state index is 12.4. The van der Waals surface area contributed by atoms with Gasteiger partial charge in [-0.2, -0.15) is 0 Å². The molecule has 148 valence electrons. The molecule has 0 aliphatic carbocycles. The number of ether oxygens (including phenoxy) is 1. The van der Waals surface area contributed by atoms with Gasteiger partial charge in [0.1, 0.15) is 23.4 Å². The molecule has 0 amide bonds. The van der Waals surface area contributed by atoms with Gasteiger partial charge in [-0.3, -0.25) is 4.79 Å². The molecule has 0 saturated carbocycles. The monoisotopic (exact) mass is 376 g/mol. The van der Waals surface area contributed by atoms with Gasteiger partial charge in [0.2, 0.25) is 0 Å². The highest BCUT2D eigenvalue weighted by Crippen LogP contribution is 2.37. The fourth-order valence-corrected chi connectivity index (χ4v) is 2.47. The Hall–Kier alpha value is -2.47. The molecule has 0 saturated heterocycles. The van der Waals surface area contributed by atoms with Crippen LogP contribution in [-0.2, 0) is 9.53 Å². The van der Waals surface area contributed by atoms with E-state index in [9.17, 15) is 20.1 Å². The number of carbonyl (C=O) groups is 1. The first-order chi connectivity index (χ1) is 12.4. The quantitative estimate of drug-likeness (QED) is 0.505. The van der Waals surface area contributed by atoms with Crippen molar-refractivity contribution >= 4 is 5.97 Å². The van der Waals surface area contributed by atoms with Crippen molar-refractivity contribution < 1.29 is 29.3 Å². The molecule has 6 nitrogen and oxygen atoms in total. The number of phenols is 2. The lowest BCUT2D eigenvalue weighted by Crippen LogP contribution is -2.26. The number of aliphatic hydroxyl groups is 1. The van der Waals surface area contributed by atoms with Gasteiger partial charge in [0.25, 0.3) is 0 Å². The van der Waals surface area contributed by atoms with E-state index in [1.54, 1.807) is 40.7 Å². The van der Waals surface area contributed by atoms with Crippen LogP contribution in [0.15, 0.2) is 34.9 Å². The fourth-order valence-electron chi connectivity index (χ4n) is 2.47. The molecule has 0 radical (unpaired) electrons. The van der Waals surface area contributed by atoms with Crippen LogP contribution in [0.2, 0.25) is 0 Å². The molecular weight excluding hydrogens is 348 g/mol. The number of esters is 1. The molecule has 2 aromatic rings. The maximum Gasteiger partial charge on any atom is 0.311 e. The van der Waals surface area contributed by atoms with Gasteiger partial charge in [-0.1, -0.05) is 0 Å². The van der Waals surface area contributed by atoms with Gasteiger partial charge in [-0.25, -0.2) is 0 Å². The summed E-state index contributed by atoms with van der Waals surface area (Å²) in [6.07, 6.45) is 1.70. The highest BCUT2D eigenvalue weighted by molar-refractivity contribution is 5.75. The zero-order chi connectivity index (χ0) is 20.4. The second-order valence-electron chi connectivity index (χ2n) is 8.44. The zero-order valence-corrected chi connectivity index (χ0v) is 16.4. The van der Waals surface area contributed by atoms with Crippen LogP contribution in [0.25, 0.3) is 11.3 Å². The molecule has 27 heavy (non-hydrogen) atoms. The van der Waals surface area contributed by atoms with E-state index in [-0.39, 0.29) is 17.5 Å². The topological polar surface area (TPSA) is 100 Å². The summed E-state index contributed by atoms with van der Waals surface area (Å²) in [4.78, 5) is 12.4. The molecule has 0 spiro atoms. The highest BCUT2D eigenvalue weighted by atomic mass is 16.5. The van der Waals surface area contributed by atoms with Crippen LogP contribution in [0.3, 0.4) is 0 Å². The van der Waals surface area contributed by atoms with Gasteiger partial charge in [0.05, 0.1) is 22.8 Å². The van der Waals surface area contributed by atoms with Crippen LogP contribution in [0.1, 0.15) is 59.1 Å². The third kappa shape index (κ3) is 5.76. The highest BCUT2D eigenvalue weighted by Gasteiger charge is 2.29. The number of furan rings is 1. The summed E-state index contributed by atoms with van der Waals surface area (Å²) >= 11 is 0. The standard InChI is InChI=1S/C21H28O6/c1-20(2,3)19(24)27-17(8-9-21(4,5)25)13-10-18(26-12-13)15-11-14(22)6-7-16(15)23/h6-7,10-12,17,22-23,25H,8-9H2,1-5H3. The first-order valence-corrected chi connectivity index (χ1v) is 8.91. The minimum atomic E-state index is -0.900. The zero-order valence-electron chi connectivity index (χ0n) is 16.4. The van der Waals surface area contributed by atoms with Gasteiger partial charge < -0.3 is 24.5 Å². The Morgan fingerprint density at radius 2 is 1.81 bits per heavy atom. The third-order valence-corrected chi connectivity index (χ3v) is 4.12. The van der Waals surface area contributed by atoms with E-state index in [1.165, 1.54) is 24.5 Å². The van der Waals surface area contributed by atoms with Gasteiger partial charge in [-0.15, -0.1) is 0 Å². The second-order valence-corrected chi connectivity index (χ2v) is 8.44. The summed E-state index contributed by atoms with van der Waals surface area (Å²) in [6.45, 7) is 8.71. The Balaban J connectivity index is 2.31. The van der Waals surface area contributed by atoms with Crippen LogP contribution < -0.4 is 0 Å². The minimum Gasteiger partial charge on any atom is -0.508 e. The van der Waals surface area contributed by atoms with Crippen LogP contribution in [0, 0.1) is 5.41 Å². The normalized spacial score (nSPS) is 13.4. The molecule has 3 N–H and O–H groups in total. The number of carbonyl (C=O) groups excluding carboxylic acids is 1. The molecule has 0 fully saturated rings. The number of hydrogen-bond acceptors (Lipinski definition) is 6. The van der Waals surface area contributed by atoms with Gasteiger partial charge >= 0.3 is 5.97 Å². The Morgan fingerprint density at radius 3 is 2.41 bits per heavy atom. The lowest BCUT2D eigenvalue weighted by Gasteiger charge is -2.25. The summed E-state index contributed by atoms with van der Waals surface area (Å²) in [5.41, 5.74) is -0.606. The third-order valence-electron chi connectivity index (χ3n) is 4.12. The van der Waals surface area contributed by atoms with Gasteiger partial charge in [-0.05, 0) is 71.7 Å². The van der Waals surface area contributed by atoms with Crippen molar-refractivity contribution in [2.24, 2.45) is 5.41 Å². The SMILES string of the molecule is CC(C)(O)CCC(OC(=O)C(C)(C)C)c1coc(-c2cc(O)ccc2O)c1. The maximum absolute atomic E-state index is 12.4. The van der Waals surface area contributed by atoms with E-state index < -0.39 is 17.1 Å². The summed E-state index contributed by atoms with van der Waals surface area (Å²) in [7, 11) is 0. The molecule has 0 aliphatic heterocycles. The van der Waals surface area contributed by atoms with Crippen LogP contribution in [-0.4, -0.2) is 26.9 Å². The summed E-state index contributed by atoms with van der Waals surface area (Å²) in [5, 5.41) is 29.7. The first kappa shape index (κ1) is 20.8. The van der Waals surface area contributed by atoms with Crippen molar-refractivity contribution in [1.29, 1.82) is 0 Å².